The van der Waals surface area contributed by atoms with Gasteiger partial charge < -0.3 is 10.1 Å². The van der Waals surface area contributed by atoms with Gasteiger partial charge in [0.25, 0.3) is 5.91 Å². The van der Waals surface area contributed by atoms with Gasteiger partial charge in [-0.3, -0.25) is 14.7 Å². The van der Waals surface area contributed by atoms with Gasteiger partial charge in [0.15, 0.2) is 0 Å². The number of piperidine rings is 1. The van der Waals surface area contributed by atoms with Gasteiger partial charge in [0.1, 0.15) is 12.2 Å². The lowest BCUT2D eigenvalue weighted by atomic mass is 9.81. The van der Waals surface area contributed by atoms with E-state index in [0.29, 0.717) is 18.7 Å². The molecule has 1 N–H and O–H groups in total. The third kappa shape index (κ3) is 4.87. The number of ether oxygens (including phenoxy) is 1. The lowest BCUT2D eigenvalue weighted by Crippen LogP contribution is -2.58. The monoisotopic (exact) mass is 451 g/mol. The topological polar surface area (TPSA) is 53.9 Å². The molecule has 0 bridgehead atoms. The summed E-state index contributed by atoms with van der Waals surface area (Å²) in [5.74, 6) is 0.0505. The van der Waals surface area contributed by atoms with Crippen molar-refractivity contribution < 1.29 is 13.9 Å². The number of amides is 1. The predicted octanol–water partition coefficient (Wildman–Crippen LogP) is 4.84. The van der Waals surface area contributed by atoms with E-state index in [1.165, 1.54) is 5.56 Å². The number of nitrogens with zero attached hydrogens (tertiary/aromatic N) is 2. The van der Waals surface area contributed by atoms with Crippen LogP contribution < -0.4 is 5.32 Å². The van der Waals surface area contributed by atoms with Crippen LogP contribution in [0.1, 0.15) is 62.0 Å². The Morgan fingerprint density at radius 2 is 2.00 bits per heavy atom. The van der Waals surface area contributed by atoms with Crippen molar-refractivity contribution in [3.63, 3.8) is 0 Å². The zero-order valence-electron chi connectivity index (χ0n) is 20.0. The van der Waals surface area contributed by atoms with E-state index in [0.717, 1.165) is 24.0 Å². The minimum absolute atomic E-state index is 0.0505. The van der Waals surface area contributed by atoms with E-state index in [2.05, 4.69) is 28.5 Å². The fourth-order valence-corrected chi connectivity index (χ4v) is 4.82. The summed E-state index contributed by atoms with van der Waals surface area (Å²) in [5.41, 5.74) is 2.84. The summed E-state index contributed by atoms with van der Waals surface area (Å²) in [4.78, 5) is 18.9. The molecule has 1 amide bonds. The van der Waals surface area contributed by atoms with Crippen molar-refractivity contribution in [1.29, 1.82) is 0 Å². The number of hydrogen-bond donors (Lipinski definition) is 1. The zero-order valence-corrected chi connectivity index (χ0v) is 20.0. The van der Waals surface area contributed by atoms with E-state index < -0.39 is 12.2 Å². The van der Waals surface area contributed by atoms with Crippen molar-refractivity contribution in [3.8, 4) is 0 Å². The van der Waals surface area contributed by atoms with Gasteiger partial charge >= 0.3 is 0 Å². The lowest BCUT2D eigenvalue weighted by Gasteiger charge is -2.44. The molecular formula is C27H34FN3O2. The third-order valence-corrected chi connectivity index (χ3v) is 6.93. The summed E-state index contributed by atoms with van der Waals surface area (Å²) >= 11 is 0. The summed E-state index contributed by atoms with van der Waals surface area (Å²) in [6.07, 6.45) is 3.21. The number of nitrogens with one attached hydrogen (secondary N) is 1. The van der Waals surface area contributed by atoms with Crippen molar-refractivity contribution >= 4 is 12.2 Å². The first-order valence-electron chi connectivity index (χ1n) is 11.7. The molecule has 5 nitrogen and oxygen atoms in total. The minimum Gasteiger partial charge on any atom is -0.372 e. The minimum atomic E-state index is -0.682. The molecule has 0 aliphatic carbocycles. The molecule has 2 aromatic carbocycles. The average molecular weight is 452 g/mol. The highest BCUT2D eigenvalue weighted by Crippen LogP contribution is 2.35. The van der Waals surface area contributed by atoms with Crippen LogP contribution in [-0.2, 0) is 21.7 Å². The van der Waals surface area contributed by atoms with E-state index in [4.69, 9.17) is 4.74 Å². The molecule has 0 radical (unpaired) electrons. The van der Waals surface area contributed by atoms with Crippen LogP contribution in [-0.4, -0.2) is 41.9 Å². The Hall–Kier alpha value is -2.57. The predicted molar refractivity (Wildman–Crippen MR) is 129 cm³/mol. The molecule has 2 aromatic rings. The van der Waals surface area contributed by atoms with Crippen LogP contribution in [0.25, 0.3) is 0 Å². The Balaban J connectivity index is 1.50. The van der Waals surface area contributed by atoms with E-state index in [9.17, 15) is 9.18 Å². The van der Waals surface area contributed by atoms with Crippen LogP contribution in [0.3, 0.4) is 0 Å². The maximum absolute atomic E-state index is 13.3. The highest BCUT2D eigenvalue weighted by atomic mass is 19.1. The van der Waals surface area contributed by atoms with Gasteiger partial charge in [-0.1, -0.05) is 54.1 Å². The lowest BCUT2D eigenvalue weighted by molar-refractivity contribution is -0.132. The van der Waals surface area contributed by atoms with Crippen molar-refractivity contribution in [2.24, 2.45) is 4.99 Å². The summed E-state index contributed by atoms with van der Waals surface area (Å²) in [7, 11) is 0. The van der Waals surface area contributed by atoms with Crippen molar-refractivity contribution in [2.75, 3.05) is 13.2 Å². The number of alkyl halides is 1. The van der Waals surface area contributed by atoms with Crippen molar-refractivity contribution in [2.45, 2.75) is 70.4 Å². The van der Waals surface area contributed by atoms with Crippen LogP contribution in [0.2, 0.25) is 0 Å². The first-order chi connectivity index (χ1) is 15.7. The van der Waals surface area contributed by atoms with Gasteiger partial charge in [-0.25, -0.2) is 4.39 Å². The smallest absolute Gasteiger partial charge is 0.255 e. The van der Waals surface area contributed by atoms with Gasteiger partial charge in [0, 0.05) is 6.54 Å². The molecule has 6 heteroatoms. The molecule has 2 heterocycles. The second-order valence-electron chi connectivity index (χ2n) is 9.88. The number of halogens is 1. The fraction of sp³-hybridized carbons (Fsp3) is 0.481. The van der Waals surface area contributed by atoms with Crippen LogP contribution in [0, 0.1) is 6.92 Å². The molecule has 0 aromatic heterocycles. The van der Waals surface area contributed by atoms with Gasteiger partial charge in [-0.15, -0.1) is 0 Å². The normalized spacial score (nSPS) is 25.4. The number of carbonyl (C=O) groups is 1. The second-order valence-corrected chi connectivity index (χ2v) is 9.88. The molecule has 0 unspecified atom stereocenters. The standard InChI is InChI=1S/C27H34FN3O2/c1-19-12-21(15-28)14-22(13-19)20(2)33-17-27(23-8-6-5-7-9-23)11-10-24(16-29-27)31-18-30-26(3,4)25(31)32/h5-9,12-14,18,20,24,29H,10-11,15-17H2,1-4H3/t20-,24+,27-/m1/s1. The first-order valence-corrected chi connectivity index (χ1v) is 11.7. The van der Waals surface area contributed by atoms with Crippen LogP contribution in [0.4, 0.5) is 4.39 Å². The van der Waals surface area contributed by atoms with Crippen molar-refractivity contribution in [1.82, 2.24) is 10.2 Å². The molecule has 176 valence electrons. The molecule has 33 heavy (non-hydrogen) atoms. The molecular weight excluding hydrogens is 417 g/mol. The Labute approximate surface area is 196 Å². The Morgan fingerprint density at radius 3 is 2.61 bits per heavy atom. The Bertz CT molecular complexity index is 1010. The van der Waals surface area contributed by atoms with Crippen LogP contribution in [0.5, 0.6) is 0 Å². The summed E-state index contributed by atoms with van der Waals surface area (Å²) in [5, 5.41) is 3.72. The third-order valence-electron chi connectivity index (χ3n) is 6.93. The summed E-state index contributed by atoms with van der Waals surface area (Å²) in [6.45, 7) is 8.37. The number of benzene rings is 2. The van der Waals surface area contributed by atoms with E-state index in [1.54, 1.807) is 11.2 Å². The number of aryl methyl sites for hydroxylation is 1. The van der Waals surface area contributed by atoms with Crippen molar-refractivity contribution in [3.05, 3.63) is 70.8 Å². The summed E-state index contributed by atoms with van der Waals surface area (Å²) < 4.78 is 19.7. The summed E-state index contributed by atoms with van der Waals surface area (Å²) in [6, 6.07) is 16.2. The largest absolute Gasteiger partial charge is 0.372 e. The van der Waals surface area contributed by atoms with Gasteiger partial charge in [-0.05, 0) is 57.2 Å². The maximum atomic E-state index is 13.3. The molecule has 1 fully saturated rings. The average Bonchev–Trinajstić information content (AvgIpc) is 3.10. The quantitative estimate of drug-likeness (QED) is 0.656. The fourth-order valence-electron chi connectivity index (χ4n) is 4.82. The molecule has 4 rings (SSSR count). The molecule has 0 spiro atoms. The van der Waals surface area contributed by atoms with Crippen LogP contribution in [0.15, 0.2) is 53.5 Å². The molecule has 2 aliphatic rings. The highest BCUT2D eigenvalue weighted by molar-refractivity contribution is 5.99. The maximum Gasteiger partial charge on any atom is 0.255 e. The van der Waals surface area contributed by atoms with E-state index in [1.807, 2.05) is 58.0 Å². The van der Waals surface area contributed by atoms with Crippen LogP contribution >= 0.6 is 0 Å². The van der Waals surface area contributed by atoms with Gasteiger partial charge in [-0.2, -0.15) is 0 Å². The molecule has 1 saturated heterocycles. The number of aliphatic imine (C=N–C) groups is 1. The number of hydrogen-bond acceptors (Lipinski definition) is 4. The van der Waals surface area contributed by atoms with Gasteiger partial charge in [0.05, 0.1) is 30.6 Å². The number of rotatable bonds is 7. The van der Waals surface area contributed by atoms with E-state index in [-0.39, 0.29) is 23.6 Å². The molecule has 2 aliphatic heterocycles. The SMILES string of the molecule is Cc1cc(CF)cc([C@@H](C)OC[C@@]2(c3ccccc3)CC[C@H](N3C=NC(C)(C)C3=O)CN2)c1. The zero-order chi connectivity index (χ0) is 23.6. The number of carbonyl (C=O) groups excluding carboxylic acids is 1. The Morgan fingerprint density at radius 1 is 1.24 bits per heavy atom. The highest BCUT2D eigenvalue weighted by Gasteiger charge is 2.44. The second kappa shape index (κ2) is 9.35. The van der Waals surface area contributed by atoms with Gasteiger partial charge in [0.2, 0.25) is 0 Å². The molecule has 0 saturated carbocycles. The molecule has 3 atom stereocenters. The van der Waals surface area contributed by atoms with E-state index >= 15 is 0 Å². The first kappa shape index (κ1) is 23.6. The Kier molecular flexibility index (Phi) is 6.68.